The average molecular weight is 444 g/mol. The van der Waals surface area contributed by atoms with Crippen LogP contribution in [-0.2, 0) is 24.0 Å². The lowest BCUT2D eigenvalue weighted by Gasteiger charge is -2.28. The van der Waals surface area contributed by atoms with E-state index in [0.29, 0.717) is 6.42 Å². The number of carboxylic acids is 1. The van der Waals surface area contributed by atoms with E-state index in [-0.39, 0.29) is 11.8 Å². The van der Waals surface area contributed by atoms with Gasteiger partial charge in [0.25, 0.3) is 0 Å². The van der Waals surface area contributed by atoms with Crippen molar-refractivity contribution in [2.75, 3.05) is 0 Å². The first-order valence-corrected chi connectivity index (χ1v) is 10.4. The summed E-state index contributed by atoms with van der Waals surface area (Å²) in [4.78, 5) is 60.7. The van der Waals surface area contributed by atoms with Gasteiger partial charge in [-0.2, -0.15) is 0 Å². The Morgan fingerprint density at radius 1 is 0.806 bits per heavy atom. The van der Waals surface area contributed by atoms with Gasteiger partial charge in [-0.25, -0.2) is 4.79 Å². The molecule has 0 aliphatic carbocycles. The lowest BCUT2D eigenvalue weighted by atomic mass is 9.97. The van der Waals surface area contributed by atoms with E-state index in [0.717, 1.165) is 0 Å². The van der Waals surface area contributed by atoms with Crippen molar-refractivity contribution < 1.29 is 29.1 Å². The van der Waals surface area contributed by atoms with Crippen LogP contribution >= 0.6 is 0 Å². The number of nitrogens with two attached hydrogens (primary N) is 2. The topological polar surface area (TPSA) is 194 Å². The van der Waals surface area contributed by atoms with Crippen molar-refractivity contribution in [2.24, 2.45) is 29.2 Å². The fourth-order valence-electron chi connectivity index (χ4n) is 2.70. The average Bonchev–Trinajstić information content (AvgIpc) is 2.66. The van der Waals surface area contributed by atoms with Crippen molar-refractivity contribution in [1.82, 2.24) is 16.0 Å². The summed E-state index contributed by atoms with van der Waals surface area (Å²) >= 11 is 0. The number of carbonyl (C=O) groups excluding carboxylic acids is 4. The van der Waals surface area contributed by atoms with Crippen LogP contribution < -0.4 is 27.4 Å². The van der Waals surface area contributed by atoms with Gasteiger partial charge in [-0.05, 0) is 17.8 Å². The quantitative estimate of drug-likeness (QED) is 0.212. The molecule has 0 fully saturated rings. The Kier molecular flexibility index (Phi) is 11.8. The van der Waals surface area contributed by atoms with Gasteiger partial charge in [0.1, 0.15) is 18.1 Å². The van der Waals surface area contributed by atoms with Crippen LogP contribution in [-0.4, -0.2) is 58.9 Å². The minimum absolute atomic E-state index is 0.208. The zero-order chi connectivity index (χ0) is 24.5. The second-order valence-corrected chi connectivity index (χ2v) is 8.44. The predicted molar refractivity (Wildman–Crippen MR) is 114 cm³/mol. The summed E-state index contributed by atoms with van der Waals surface area (Å²) in [5, 5.41) is 16.7. The van der Waals surface area contributed by atoms with Gasteiger partial charge in [-0.1, -0.05) is 48.0 Å². The number of hydrogen-bond acceptors (Lipinski definition) is 6. The van der Waals surface area contributed by atoms with Crippen molar-refractivity contribution in [2.45, 2.75) is 78.6 Å². The molecule has 11 heteroatoms. The summed E-state index contributed by atoms with van der Waals surface area (Å²) in [6.07, 6.45) is 0.0399. The molecule has 0 saturated carbocycles. The predicted octanol–water partition coefficient (Wildman–Crippen LogP) is -0.914. The van der Waals surface area contributed by atoms with Gasteiger partial charge in [0, 0.05) is 0 Å². The molecule has 0 aromatic heterocycles. The third-order valence-corrected chi connectivity index (χ3v) is 5.08. The highest BCUT2D eigenvalue weighted by Crippen LogP contribution is 2.10. The molecule has 8 N–H and O–H groups in total. The van der Waals surface area contributed by atoms with E-state index in [1.165, 1.54) is 0 Å². The molecule has 0 bridgehead atoms. The Labute approximate surface area is 183 Å². The molecule has 0 aromatic rings. The van der Waals surface area contributed by atoms with Crippen molar-refractivity contribution in [1.29, 1.82) is 0 Å². The van der Waals surface area contributed by atoms with Gasteiger partial charge >= 0.3 is 5.97 Å². The first-order valence-electron chi connectivity index (χ1n) is 10.4. The third-order valence-electron chi connectivity index (χ3n) is 5.08. The minimum atomic E-state index is -1.33. The van der Waals surface area contributed by atoms with Crippen LogP contribution in [0.2, 0.25) is 0 Å². The van der Waals surface area contributed by atoms with Gasteiger partial charge in [0.2, 0.25) is 23.6 Å². The van der Waals surface area contributed by atoms with Gasteiger partial charge < -0.3 is 32.5 Å². The molecule has 11 nitrogen and oxygen atoms in total. The Hall–Kier alpha value is -2.69. The van der Waals surface area contributed by atoms with Crippen LogP contribution in [0.15, 0.2) is 0 Å². The van der Waals surface area contributed by atoms with Crippen LogP contribution in [0.25, 0.3) is 0 Å². The SMILES string of the molecule is CCC(C)C(NC(=O)C(NC(=O)C(CC(N)=O)NC(=O)C(N)C(C)C)C(C)C)C(=O)O. The van der Waals surface area contributed by atoms with Gasteiger partial charge in [0.15, 0.2) is 0 Å². The summed E-state index contributed by atoms with van der Waals surface area (Å²) in [7, 11) is 0. The maximum absolute atomic E-state index is 12.8. The lowest BCUT2D eigenvalue weighted by molar-refractivity contribution is -0.144. The molecule has 0 spiro atoms. The summed E-state index contributed by atoms with van der Waals surface area (Å²) in [6.45, 7) is 10.3. The second-order valence-electron chi connectivity index (χ2n) is 8.44. The molecule has 31 heavy (non-hydrogen) atoms. The highest BCUT2D eigenvalue weighted by Gasteiger charge is 2.33. The molecule has 5 atom stereocenters. The largest absolute Gasteiger partial charge is 0.480 e. The van der Waals surface area contributed by atoms with Crippen LogP contribution in [0.1, 0.15) is 54.4 Å². The third kappa shape index (κ3) is 9.33. The van der Waals surface area contributed by atoms with E-state index in [1.54, 1.807) is 41.5 Å². The molecule has 0 aliphatic heterocycles. The highest BCUT2D eigenvalue weighted by atomic mass is 16.4. The standard InChI is InChI=1S/C20H37N5O6/c1-7-11(6)16(20(30)31)25-19(29)15(10(4)5)24-17(27)12(8-13(21)26)23-18(28)14(22)9(2)3/h9-12,14-16H,7-8,22H2,1-6H3,(H2,21,26)(H,23,28)(H,24,27)(H,25,29)(H,30,31). The minimum Gasteiger partial charge on any atom is -0.480 e. The number of carbonyl (C=O) groups is 5. The van der Waals surface area contributed by atoms with E-state index in [4.69, 9.17) is 11.5 Å². The van der Waals surface area contributed by atoms with Crippen molar-refractivity contribution in [3.8, 4) is 0 Å². The molecule has 5 unspecified atom stereocenters. The van der Waals surface area contributed by atoms with Crippen molar-refractivity contribution in [3.63, 3.8) is 0 Å². The molecule has 0 heterocycles. The molecule has 0 saturated heterocycles. The molecule has 178 valence electrons. The zero-order valence-corrected chi connectivity index (χ0v) is 19.1. The van der Waals surface area contributed by atoms with Crippen LogP contribution in [0.4, 0.5) is 0 Å². The summed E-state index contributed by atoms with van der Waals surface area (Å²) in [5.74, 6) is -5.07. The van der Waals surface area contributed by atoms with E-state index in [9.17, 15) is 29.1 Å². The Morgan fingerprint density at radius 3 is 1.71 bits per heavy atom. The normalized spacial score (nSPS) is 16.0. The number of aliphatic carboxylic acids is 1. The fourth-order valence-corrected chi connectivity index (χ4v) is 2.70. The first-order chi connectivity index (χ1) is 14.2. The first kappa shape index (κ1) is 28.3. The monoisotopic (exact) mass is 443 g/mol. The number of nitrogens with one attached hydrogen (secondary N) is 3. The Balaban J connectivity index is 5.50. The summed E-state index contributed by atoms with van der Waals surface area (Å²) in [5.41, 5.74) is 11.0. The number of amides is 4. The molecular weight excluding hydrogens is 406 g/mol. The van der Waals surface area contributed by atoms with E-state index < -0.39 is 66.1 Å². The number of hydrogen-bond donors (Lipinski definition) is 6. The van der Waals surface area contributed by atoms with Crippen molar-refractivity contribution in [3.05, 3.63) is 0 Å². The Bertz CT molecular complexity index is 666. The molecule has 0 aliphatic rings. The van der Waals surface area contributed by atoms with Gasteiger partial charge in [0.05, 0.1) is 12.5 Å². The molecule has 0 radical (unpaired) electrons. The second kappa shape index (κ2) is 12.9. The van der Waals surface area contributed by atoms with E-state index >= 15 is 0 Å². The van der Waals surface area contributed by atoms with Crippen molar-refractivity contribution >= 4 is 29.6 Å². The smallest absolute Gasteiger partial charge is 0.326 e. The van der Waals surface area contributed by atoms with Crippen LogP contribution in [0, 0.1) is 17.8 Å². The molecule has 0 aromatic carbocycles. The van der Waals surface area contributed by atoms with E-state index in [2.05, 4.69) is 16.0 Å². The van der Waals surface area contributed by atoms with Crippen LogP contribution in [0.5, 0.6) is 0 Å². The number of rotatable bonds is 13. The maximum atomic E-state index is 12.8. The lowest BCUT2D eigenvalue weighted by Crippen LogP contribution is -2.59. The molecular formula is C20H37N5O6. The molecule has 4 amide bonds. The maximum Gasteiger partial charge on any atom is 0.326 e. The highest BCUT2D eigenvalue weighted by molar-refractivity contribution is 5.96. The van der Waals surface area contributed by atoms with Gasteiger partial charge in [-0.15, -0.1) is 0 Å². The number of primary amides is 1. The van der Waals surface area contributed by atoms with Gasteiger partial charge in [-0.3, -0.25) is 19.2 Å². The Morgan fingerprint density at radius 2 is 1.32 bits per heavy atom. The van der Waals surface area contributed by atoms with Crippen LogP contribution in [0.3, 0.4) is 0 Å². The zero-order valence-electron chi connectivity index (χ0n) is 19.1. The summed E-state index contributed by atoms with van der Waals surface area (Å²) in [6, 6.07) is -4.45. The number of carboxylic acid groups (broad SMARTS) is 1. The fraction of sp³-hybridized carbons (Fsp3) is 0.750. The summed E-state index contributed by atoms with van der Waals surface area (Å²) < 4.78 is 0. The molecule has 0 rings (SSSR count). The van der Waals surface area contributed by atoms with E-state index in [1.807, 2.05) is 0 Å².